The molecular weight excluding hydrogens is 354 g/mol. The molecule has 0 heterocycles. The molecule has 0 aliphatic heterocycles. The summed E-state index contributed by atoms with van der Waals surface area (Å²) < 4.78 is 16.4. The molecule has 28 heavy (non-hydrogen) atoms. The molecule has 0 spiro atoms. The van der Waals surface area contributed by atoms with Gasteiger partial charge in [-0.05, 0) is 36.8 Å². The van der Waals surface area contributed by atoms with Gasteiger partial charge in [0.2, 0.25) is 0 Å². The fourth-order valence-corrected chi connectivity index (χ4v) is 2.85. The summed E-state index contributed by atoms with van der Waals surface area (Å²) in [6, 6.07) is 20.5. The van der Waals surface area contributed by atoms with Gasteiger partial charge in [0.05, 0.1) is 14.2 Å². The van der Waals surface area contributed by atoms with E-state index in [0.717, 1.165) is 16.9 Å². The number of methoxy groups -OCH3 is 2. The Hall–Kier alpha value is -3.47. The highest BCUT2D eigenvalue weighted by Gasteiger charge is 2.15. The zero-order valence-corrected chi connectivity index (χ0v) is 16.2. The Morgan fingerprint density at radius 2 is 1.54 bits per heavy atom. The van der Waals surface area contributed by atoms with E-state index in [-0.39, 0.29) is 5.91 Å². The Morgan fingerprint density at radius 1 is 0.893 bits per heavy atom. The maximum absolute atomic E-state index is 12.9. The maximum atomic E-state index is 12.9. The summed E-state index contributed by atoms with van der Waals surface area (Å²) in [6.45, 7) is 2.21. The Bertz CT molecular complexity index is 954. The summed E-state index contributed by atoms with van der Waals surface area (Å²) >= 11 is 0. The molecule has 0 saturated carbocycles. The first-order chi connectivity index (χ1) is 13.6. The van der Waals surface area contributed by atoms with E-state index in [1.807, 2.05) is 61.5 Å². The van der Waals surface area contributed by atoms with Gasteiger partial charge in [-0.1, -0.05) is 36.4 Å². The molecule has 0 atom stereocenters. The Balaban J connectivity index is 1.80. The lowest BCUT2D eigenvalue weighted by atomic mass is 10.1. The number of carbonyl (C=O) groups is 1. The molecular formula is C23H23NO4. The number of hydrogen-bond acceptors (Lipinski definition) is 4. The van der Waals surface area contributed by atoms with Crippen molar-refractivity contribution >= 4 is 11.6 Å². The van der Waals surface area contributed by atoms with Gasteiger partial charge in [-0.25, -0.2) is 0 Å². The average molecular weight is 377 g/mol. The Morgan fingerprint density at radius 3 is 2.25 bits per heavy atom. The third kappa shape index (κ3) is 4.43. The van der Waals surface area contributed by atoms with Crippen molar-refractivity contribution in [2.75, 3.05) is 19.5 Å². The fourth-order valence-electron chi connectivity index (χ4n) is 2.85. The van der Waals surface area contributed by atoms with E-state index in [1.165, 1.54) is 0 Å². The molecule has 5 heteroatoms. The molecule has 3 aromatic rings. The van der Waals surface area contributed by atoms with Crippen molar-refractivity contribution in [3.8, 4) is 17.2 Å². The second-order valence-corrected chi connectivity index (χ2v) is 6.24. The Kier molecular flexibility index (Phi) is 6.17. The highest BCUT2D eigenvalue weighted by Crippen LogP contribution is 2.33. The first-order valence-electron chi connectivity index (χ1n) is 8.92. The molecule has 0 unspecified atom stereocenters. The van der Waals surface area contributed by atoms with Crippen LogP contribution in [0.4, 0.5) is 5.69 Å². The first-order valence-corrected chi connectivity index (χ1v) is 8.92. The molecule has 0 saturated heterocycles. The van der Waals surface area contributed by atoms with E-state index < -0.39 is 0 Å². The Labute approximate surface area is 164 Å². The quantitative estimate of drug-likeness (QED) is 0.640. The topological polar surface area (TPSA) is 56.8 Å². The van der Waals surface area contributed by atoms with E-state index in [4.69, 9.17) is 14.2 Å². The molecule has 1 amide bonds. The minimum atomic E-state index is -0.206. The van der Waals surface area contributed by atoms with Crippen molar-refractivity contribution in [3.05, 3.63) is 83.4 Å². The van der Waals surface area contributed by atoms with Crippen molar-refractivity contribution in [1.29, 1.82) is 0 Å². The summed E-state index contributed by atoms with van der Waals surface area (Å²) in [4.78, 5) is 12.9. The van der Waals surface area contributed by atoms with Crippen LogP contribution in [0.1, 0.15) is 21.5 Å². The van der Waals surface area contributed by atoms with Crippen LogP contribution in [0.5, 0.6) is 17.2 Å². The van der Waals surface area contributed by atoms with Gasteiger partial charge in [-0.2, -0.15) is 0 Å². The lowest BCUT2D eigenvalue weighted by molar-refractivity contribution is 0.102. The standard InChI is InChI=1S/C23H23NO4/c1-16-13-21(26-2)22(27-3)14-20(16)24-23(25)19-12-8-7-9-17(19)15-28-18-10-5-4-6-11-18/h4-14H,15H2,1-3H3,(H,24,25). The van der Waals surface area contributed by atoms with Gasteiger partial charge in [0.25, 0.3) is 5.91 Å². The maximum Gasteiger partial charge on any atom is 0.256 e. The van der Waals surface area contributed by atoms with Gasteiger partial charge in [0, 0.05) is 22.9 Å². The number of amides is 1. The van der Waals surface area contributed by atoms with Crippen LogP contribution >= 0.6 is 0 Å². The third-order valence-electron chi connectivity index (χ3n) is 4.38. The van der Waals surface area contributed by atoms with Crippen LogP contribution in [-0.2, 0) is 6.61 Å². The van der Waals surface area contributed by atoms with E-state index in [2.05, 4.69) is 5.32 Å². The van der Waals surface area contributed by atoms with Crippen LogP contribution in [0.25, 0.3) is 0 Å². The van der Waals surface area contributed by atoms with Gasteiger partial charge in [-0.15, -0.1) is 0 Å². The number of rotatable bonds is 7. The van der Waals surface area contributed by atoms with E-state index in [9.17, 15) is 4.79 Å². The molecule has 0 aromatic heterocycles. The minimum Gasteiger partial charge on any atom is -0.493 e. The fraction of sp³-hybridized carbons (Fsp3) is 0.174. The zero-order valence-electron chi connectivity index (χ0n) is 16.2. The van der Waals surface area contributed by atoms with Gasteiger partial charge >= 0.3 is 0 Å². The predicted molar refractivity (Wildman–Crippen MR) is 109 cm³/mol. The lowest BCUT2D eigenvalue weighted by Crippen LogP contribution is -2.16. The monoisotopic (exact) mass is 377 g/mol. The van der Waals surface area contributed by atoms with Crippen molar-refractivity contribution in [2.24, 2.45) is 0 Å². The van der Waals surface area contributed by atoms with E-state index in [1.54, 1.807) is 26.4 Å². The number of nitrogens with one attached hydrogen (secondary N) is 1. The molecule has 0 bridgehead atoms. The van der Waals surface area contributed by atoms with E-state index in [0.29, 0.717) is 29.4 Å². The molecule has 3 aromatic carbocycles. The molecule has 0 aliphatic rings. The van der Waals surface area contributed by atoms with Crippen LogP contribution < -0.4 is 19.5 Å². The summed E-state index contributed by atoms with van der Waals surface area (Å²) in [7, 11) is 3.15. The molecule has 0 aliphatic carbocycles. The summed E-state index contributed by atoms with van der Waals surface area (Å²) in [5.41, 5.74) is 2.92. The molecule has 3 rings (SSSR count). The second-order valence-electron chi connectivity index (χ2n) is 6.24. The minimum absolute atomic E-state index is 0.206. The van der Waals surface area contributed by atoms with Gasteiger partial charge in [0.1, 0.15) is 12.4 Å². The zero-order chi connectivity index (χ0) is 19.9. The molecule has 144 valence electrons. The number of carbonyl (C=O) groups excluding carboxylic acids is 1. The second kappa shape index (κ2) is 8.95. The number of benzene rings is 3. The highest BCUT2D eigenvalue weighted by molar-refractivity contribution is 6.05. The highest BCUT2D eigenvalue weighted by atomic mass is 16.5. The van der Waals surface area contributed by atoms with Gasteiger partial charge < -0.3 is 19.5 Å². The number of aryl methyl sites for hydroxylation is 1. The van der Waals surface area contributed by atoms with Crippen molar-refractivity contribution in [2.45, 2.75) is 13.5 Å². The molecule has 0 radical (unpaired) electrons. The normalized spacial score (nSPS) is 10.2. The molecule has 0 fully saturated rings. The molecule has 5 nitrogen and oxygen atoms in total. The summed E-state index contributed by atoms with van der Waals surface area (Å²) in [5, 5.41) is 2.96. The van der Waals surface area contributed by atoms with Gasteiger partial charge in [-0.3, -0.25) is 4.79 Å². The third-order valence-corrected chi connectivity index (χ3v) is 4.38. The smallest absolute Gasteiger partial charge is 0.256 e. The number of hydrogen-bond donors (Lipinski definition) is 1. The number of ether oxygens (including phenoxy) is 3. The van der Waals surface area contributed by atoms with Crippen molar-refractivity contribution in [1.82, 2.24) is 0 Å². The summed E-state index contributed by atoms with van der Waals surface area (Å²) in [5.74, 6) is 1.73. The van der Waals surface area contributed by atoms with Crippen LogP contribution in [0, 0.1) is 6.92 Å². The molecule has 1 N–H and O–H groups in total. The van der Waals surface area contributed by atoms with Gasteiger partial charge in [0.15, 0.2) is 11.5 Å². The summed E-state index contributed by atoms with van der Waals surface area (Å²) in [6.07, 6.45) is 0. The van der Waals surface area contributed by atoms with Crippen molar-refractivity contribution in [3.63, 3.8) is 0 Å². The van der Waals surface area contributed by atoms with Crippen molar-refractivity contribution < 1.29 is 19.0 Å². The first kappa shape index (κ1) is 19.3. The van der Waals surface area contributed by atoms with Crippen LogP contribution in [-0.4, -0.2) is 20.1 Å². The average Bonchev–Trinajstić information content (AvgIpc) is 2.74. The van der Waals surface area contributed by atoms with E-state index >= 15 is 0 Å². The lowest BCUT2D eigenvalue weighted by Gasteiger charge is -2.15. The van der Waals surface area contributed by atoms with Crippen LogP contribution in [0.3, 0.4) is 0 Å². The number of para-hydroxylation sites is 1. The van der Waals surface area contributed by atoms with Crippen LogP contribution in [0.15, 0.2) is 66.7 Å². The number of anilines is 1. The largest absolute Gasteiger partial charge is 0.493 e. The van der Waals surface area contributed by atoms with Crippen LogP contribution in [0.2, 0.25) is 0 Å². The predicted octanol–water partition coefficient (Wildman–Crippen LogP) is 4.84. The SMILES string of the molecule is COc1cc(C)c(NC(=O)c2ccccc2COc2ccccc2)cc1OC.